The number of benzene rings is 1. The summed E-state index contributed by atoms with van der Waals surface area (Å²) in [6.45, 7) is 6.59. The first-order valence-corrected chi connectivity index (χ1v) is 8.91. The molecule has 1 heterocycles. The van der Waals surface area contributed by atoms with Crippen molar-refractivity contribution in [1.29, 1.82) is 0 Å². The average molecular weight is 386 g/mol. The summed E-state index contributed by atoms with van der Waals surface area (Å²) in [5, 5.41) is 9.30. The van der Waals surface area contributed by atoms with E-state index in [0.29, 0.717) is 37.7 Å². The monoisotopic (exact) mass is 385 g/mol. The van der Waals surface area contributed by atoms with E-state index in [0.717, 1.165) is 29.4 Å². The Morgan fingerprint density at radius 3 is 2.83 bits per heavy atom. The number of halogens is 1. The topological polar surface area (TPSA) is 59.0 Å². The average Bonchev–Trinajstić information content (AvgIpc) is 2.95. The van der Waals surface area contributed by atoms with E-state index in [2.05, 4.69) is 22.9 Å². The third-order valence-corrected chi connectivity index (χ3v) is 4.44. The fourth-order valence-corrected chi connectivity index (χ4v) is 3.45. The molecule has 0 saturated carbocycles. The highest BCUT2D eigenvalue weighted by Gasteiger charge is 2.30. The van der Waals surface area contributed by atoms with Gasteiger partial charge in [-0.2, -0.15) is 0 Å². The van der Waals surface area contributed by atoms with Crippen molar-refractivity contribution in [1.82, 2.24) is 4.90 Å². The van der Waals surface area contributed by atoms with Gasteiger partial charge in [-0.15, -0.1) is 0 Å². The van der Waals surface area contributed by atoms with Gasteiger partial charge in [0.15, 0.2) is 11.5 Å². The minimum atomic E-state index is -0.741. The summed E-state index contributed by atoms with van der Waals surface area (Å²) in [6.07, 6.45) is 2.56. The van der Waals surface area contributed by atoms with Gasteiger partial charge in [-0.1, -0.05) is 6.92 Å². The number of carbonyl (C=O) groups is 1. The predicted octanol–water partition coefficient (Wildman–Crippen LogP) is 3.69. The van der Waals surface area contributed by atoms with Gasteiger partial charge in [0.05, 0.1) is 17.7 Å². The summed E-state index contributed by atoms with van der Waals surface area (Å²) in [4.78, 5) is 13.3. The second-order valence-corrected chi connectivity index (χ2v) is 6.51. The molecule has 0 bridgehead atoms. The second kappa shape index (κ2) is 8.55. The lowest BCUT2D eigenvalue weighted by molar-refractivity contribution is -0.142. The number of hydrogen-bond acceptors (Lipinski definition) is 4. The molecule has 1 saturated heterocycles. The third-order valence-electron chi connectivity index (χ3n) is 3.85. The van der Waals surface area contributed by atoms with Gasteiger partial charge < -0.3 is 14.6 Å². The van der Waals surface area contributed by atoms with Gasteiger partial charge in [-0.05, 0) is 66.4 Å². The molecule has 1 aliphatic heterocycles. The van der Waals surface area contributed by atoms with Crippen LogP contribution in [0.2, 0.25) is 0 Å². The first kappa shape index (κ1) is 18.1. The van der Waals surface area contributed by atoms with Crippen molar-refractivity contribution in [2.24, 2.45) is 0 Å². The fraction of sp³-hybridized carbons (Fsp3) is 0.588. The molecule has 23 heavy (non-hydrogen) atoms. The molecule has 0 spiro atoms. The molecule has 6 heteroatoms. The number of likely N-dealkylation sites (tertiary alicyclic amines) is 1. The summed E-state index contributed by atoms with van der Waals surface area (Å²) in [5.41, 5.74) is 1.03. The van der Waals surface area contributed by atoms with Crippen LogP contribution in [0.25, 0.3) is 0 Å². The molecule has 1 aromatic carbocycles. The van der Waals surface area contributed by atoms with Crippen LogP contribution < -0.4 is 9.47 Å². The molecule has 1 aromatic rings. The van der Waals surface area contributed by atoms with Crippen molar-refractivity contribution in [3.05, 3.63) is 22.2 Å². The highest BCUT2D eigenvalue weighted by Crippen LogP contribution is 2.37. The number of carboxylic acid groups (broad SMARTS) is 1. The van der Waals surface area contributed by atoms with Crippen LogP contribution in [0.15, 0.2) is 16.6 Å². The number of hydrogen-bond donors (Lipinski definition) is 1. The number of nitrogens with zero attached hydrogens (tertiary/aromatic N) is 1. The Balaban J connectivity index is 2.20. The zero-order chi connectivity index (χ0) is 16.8. The van der Waals surface area contributed by atoms with E-state index < -0.39 is 5.97 Å². The Kier molecular flexibility index (Phi) is 6.72. The maximum absolute atomic E-state index is 11.3. The minimum absolute atomic E-state index is 0.389. The molecule has 1 unspecified atom stereocenters. The highest BCUT2D eigenvalue weighted by atomic mass is 79.9. The lowest BCUT2D eigenvalue weighted by atomic mass is 10.1. The molecule has 1 aliphatic rings. The Bertz CT molecular complexity index is 550. The van der Waals surface area contributed by atoms with E-state index in [1.54, 1.807) is 0 Å². The van der Waals surface area contributed by atoms with Crippen molar-refractivity contribution in [3.63, 3.8) is 0 Å². The van der Waals surface area contributed by atoms with Crippen molar-refractivity contribution < 1.29 is 19.4 Å². The zero-order valence-electron chi connectivity index (χ0n) is 13.7. The standard InChI is InChI=1S/C17H24BrNO4/c1-3-8-23-16-13(18)9-12(10-15(16)22-4-2)11-19-7-5-6-14(19)17(20)21/h9-10,14H,3-8,11H2,1-2H3,(H,20,21). The zero-order valence-corrected chi connectivity index (χ0v) is 15.3. The van der Waals surface area contributed by atoms with Gasteiger partial charge in [0.1, 0.15) is 6.04 Å². The normalized spacial score (nSPS) is 18.1. The van der Waals surface area contributed by atoms with Crippen LogP contribution >= 0.6 is 15.9 Å². The quantitative estimate of drug-likeness (QED) is 0.739. The van der Waals surface area contributed by atoms with E-state index in [-0.39, 0.29) is 6.04 Å². The smallest absolute Gasteiger partial charge is 0.320 e. The molecule has 0 radical (unpaired) electrons. The summed E-state index contributed by atoms with van der Waals surface area (Å²) >= 11 is 3.55. The molecule has 1 fully saturated rings. The summed E-state index contributed by atoms with van der Waals surface area (Å²) < 4.78 is 12.3. The maximum atomic E-state index is 11.3. The van der Waals surface area contributed by atoms with Crippen LogP contribution in [0, 0.1) is 0 Å². The van der Waals surface area contributed by atoms with Crippen LogP contribution in [0.4, 0.5) is 0 Å². The lowest BCUT2D eigenvalue weighted by Crippen LogP contribution is -2.35. The summed E-state index contributed by atoms with van der Waals surface area (Å²) in [6, 6.07) is 3.56. The van der Waals surface area contributed by atoms with Crippen LogP contribution in [-0.4, -0.2) is 41.8 Å². The van der Waals surface area contributed by atoms with E-state index in [1.165, 1.54) is 0 Å². The Hall–Kier alpha value is -1.27. The Labute approximate surface area is 145 Å². The summed E-state index contributed by atoms with van der Waals surface area (Å²) in [7, 11) is 0. The SMILES string of the molecule is CCCOc1c(Br)cc(CN2CCCC2C(=O)O)cc1OCC. The van der Waals surface area contributed by atoms with Gasteiger partial charge in [0.2, 0.25) is 0 Å². The fourth-order valence-electron chi connectivity index (χ4n) is 2.85. The lowest BCUT2D eigenvalue weighted by Gasteiger charge is -2.22. The second-order valence-electron chi connectivity index (χ2n) is 5.65. The van der Waals surface area contributed by atoms with Gasteiger partial charge in [0, 0.05) is 6.54 Å². The van der Waals surface area contributed by atoms with Crippen LogP contribution in [0.3, 0.4) is 0 Å². The van der Waals surface area contributed by atoms with Crippen molar-refractivity contribution in [2.75, 3.05) is 19.8 Å². The van der Waals surface area contributed by atoms with Gasteiger partial charge >= 0.3 is 5.97 Å². The van der Waals surface area contributed by atoms with Crippen LogP contribution in [0.5, 0.6) is 11.5 Å². The van der Waals surface area contributed by atoms with E-state index in [4.69, 9.17) is 9.47 Å². The maximum Gasteiger partial charge on any atom is 0.320 e. The van der Waals surface area contributed by atoms with Crippen molar-refractivity contribution in [3.8, 4) is 11.5 Å². The Morgan fingerprint density at radius 1 is 1.39 bits per heavy atom. The molecule has 0 amide bonds. The molecule has 1 atom stereocenters. The van der Waals surface area contributed by atoms with Crippen LogP contribution in [-0.2, 0) is 11.3 Å². The van der Waals surface area contributed by atoms with Gasteiger partial charge in [0.25, 0.3) is 0 Å². The number of aliphatic carboxylic acids is 1. The number of ether oxygens (including phenoxy) is 2. The minimum Gasteiger partial charge on any atom is -0.490 e. The molecule has 5 nitrogen and oxygen atoms in total. The van der Waals surface area contributed by atoms with E-state index >= 15 is 0 Å². The molecule has 2 rings (SSSR count). The van der Waals surface area contributed by atoms with Crippen molar-refractivity contribution in [2.45, 2.75) is 45.7 Å². The summed E-state index contributed by atoms with van der Waals surface area (Å²) in [5.74, 6) is 0.680. The third kappa shape index (κ3) is 4.61. The molecular weight excluding hydrogens is 362 g/mol. The molecule has 128 valence electrons. The molecular formula is C17H24BrNO4. The molecule has 0 aliphatic carbocycles. The van der Waals surface area contributed by atoms with E-state index in [1.807, 2.05) is 24.0 Å². The number of carboxylic acids is 1. The Morgan fingerprint density at radius 2 is 2.17 bits per heavy atom. The van der Waals surface area contributed by atoms with E-state index in [9.17, 15) is 9.90 Å². The molecule has 0 aromatic heterocycles. The number of rotatable bonds is 8. The van der Waals surface area contributed by atoms with Gasteiger partial charge in [-0.25, -0.2) is 0 Å². The molecule has 1 N–H and O–H groups in total. The first-order valence-electron chi connectivity index (χ1n) is 8.11. The predicted molar refractivity (Wildman–Crippen MR) is 92.2 cm³/mol. The largest absolute Gasteiger partial charge is 0.490 e. The van der Waals surface area contributed by atoms with Crippen molar-refractivity contribution >= 4 is 21.9 Å². The highest BCUT2D eigenvalue weighted by molar-refractivity contribution is 9.10. The van der Waals surface area contributed by atoms with Crippen LogP contribution in [0.1, 0.15) is 38.7 Å². The first-order chi connectivity index (χ1) is 11.1. The van der Waals surface area contributed by atoms with Gasteiger partial charge in [-0.3, -0.25) is 9.69 Å².